The maximum absolute atomic E-state index is 13.2. The van der Waals surface area contributed by atoms with Gasteiger partial charge in [-0.3, -0.25) is 10.2 Å². The number of rotatable bonds is 11. The van der Waals surface area contributed by atoms with Crippen molar-refractivity contribution in [3.8, 4) is 11.1 Å². The van der Waals surface area contributed by atoms with E-state index in [2.05, 4.69) is 12.2 Å². The van der Waals surface area contributed by atoms with Crippen molar-refractivity contribution in [2.45, 2.75) is 50.0 Å². The normalized spacial score (nSPS) is 12.2. The van der Waals surface area contributed by atoms with Gasteiger partial charge < -0.3 is 11.1 Å². The maximum Gasteiger partial charge on any atom is 0.227 e. The first-order valence-corrected chi connectivity index (χ1v) is 13.7. The first kappa shape index (κ1) is 26.2. The van der Waals surface area contributed by atoms with Crippen molar-refractivity contribution >= 4 is 21.6 Å². The Labute approximate surface area is 208 Å². The Morgan fingerprint density at radius 1 is 1.00 bits per heavy atom. The second-order valence-electron chi connectivity index (χ2n) is 8.77. The summed E-state index contributed by atoms with van der Waals surface area (Å²) < 4.78 is 24.4. The van der Waals surface area contributed by atoms with Crippen LogP contribution in [-0.4, -0.2) is 26.4 Å². The molecule has 0 heterocycles. The summed E-state index contributed by atoms with van der Waals surface area (Å²) in [5, 5.41) is 10.6. The number of carbonyl (C=O) groups excluding carboxylic acids is 1. The fraction of sp³-hybridized carbons (Fsp3) is 0.286. The molecule has 1 amide bonds. The van der Waals surface area contributed by atoms with Gasteiger partial charge in [-0.05, 0) is 35.2 Å². The van der Waals surface area contributed by atoms with Crippen LogP contribution in [0, 0.1) is 5.41 Å². The van der Waals surface area contributed by atoms with Gasteiger partial charge in [0.15, 0.2) is 9.84 Å². The molecule has 1 atom stereocenters. The van der Waals surface area contributed by atoms with Crippen LogP contribution in [0.3, 0.4) is 0 Å². The predicted octanol–water partition coefficient (Wildman–Crippen LogP) is 5.02. The van der Waals surface area contributed by atoms with E-state index < -0.39 is 9.84 Å². The van der Waals surface area contributed by atoms with E-state index in [9.17, 15) is 13.2 Å². The van der Waals surface area contributed by atoms with E-state index in [1.165, 1.54) is 6.26 Å². The van der Waals surface area contributed by atoms with Gasteiger partial charge in [-0.1, -0.05) is 86.8 Å². The van der Waals surface area contributed by atoms with Crippen LogP contribution in [0.5, 0.6) is 0 Å². The van der Waals surface area contributed by atoms with Crippen LogP contribution in [0.15, 0.2) is 77.7 Å². The molecule has 0 spiro atoms. The van der Waals surface area contributed by atoms with Gasteiger partial charge in [-0.25, -0.2) is 8.42 Å². The number of nitrogens with one attached hydrogen (secondary N) is 2. The number of unbranched alkanes of at least 4 members (excludes halogenated alkanes) is 2. The molecule has 3 rings (SSSR count). The number of sulfone groups is 1. The minimum absolute atomic E-state index is 0.00634. The van der Waals surface area contributed by atoms with Crippen LogP contribution in [0.25, 0.3) is 11.1 Å². The highest BCUT2D eigenvalue weighted by molar-refractivity contribution is 7.90. The molecule has 3 aromatic rings. The lowest BCUT2D eigenvalue weighted by Gasteiger charge is -2.18. The highest BCUT2D eigenvalue weighted by atomic mass is 32.2. The molecule has 0 radical (unpaired) electrons. The summed E-state index contributed by atoms with van der Waals surface area (Å²) in [6.45, 7) is 2.48. The lowest BCUT2D eigenvalue weighted by molar-refractivity contribution is -0.122. The monoisotopic (exact) mass is 491 g/mol. The average Bonchev–Trinajstić information content (AvgIpc) is 2.85. The summed E-state index contributed by atoms with van der Waals surface area (Å²) in [7, 11) is -3.36. The van der Waals surface area contributed by atoms with Crippen molar-refractivity contribution in [1.82, 2.24) is 5.32 Å². The molecule has 0 aliphatic carbocycles. The van der Waals surface area contributed by atoms with Crippen LogP contribution < -0.4 is 11.1 Å². The van der Waals surface area contributed by atoms with Crippen molar-refractivity contribution in [2.75, 3.05) is 6.26 Å². The summed E-state index contributed by atoms with van der Waals surface area (Å²) in [6, 6.07) is 21.8. The van der Waals surface area contributed by atoms with Gasteiger partial charge >= 0.3 is 0 Å². The molecule has 0 aromatic heterocycles. The van der Waals surface area contributed by atoms with Crippen molar-refractivity contribution in [3.63, 3.8) is 0 Å². The molecule has 7 heteroatoms. The lowest BCUT2D eigenvalue weighted by Crippen LogP contribution is -2.29. The van der Waals surface area contributed by atoms with Crippen molar-refractivity contribution < 1.29 is 13.2 Å². The van der Waals surface area contributed by atoms with Crippen molar-refractivity contribution in [3.05, 3.63) is 89.5 Å². The summed E-state index contributed by atoms with van der Waals surface area (Å²) in [5.41, 5.74) is 9.43. The predicted molar refractivity (Wildman–Crippen MR) is 141 cm³/mol. The third-order valence-electron chi connectivity index (χ3n) is 6.03. The number of nitrogen functional groups attached to an aromatic ring is 1. The van der Waals surface area contributed by atoms with E-state index in [0.717, 1.165) is 42.4 Å². The summed E-state index contributed by atoms with van der Waals surface area (Å²) >= 11 is 0. The molecular formula is C28H33N3O3S. The molecule has 1 unspecified atom stereocenters. The molecule has 0 aliphatic heterocycles. The molecule has 4 N–H and O–H groups in total. The van der Waals surface area contributed by atoms with Crippen LogP contribution in [0.2, 0.25) is 0 Å². The number of carbonyl (C=O) groups is 1. The van der Waals surface area contributed by atoms with E-state index in [0.29, 0.717) is 17.7 Å². The molecule has 0 bridgehead atoms. The Morgan fingerprint density at radius 2 is 1.71 bits per heavy atom. The van der Waals surface area contributed by atoms with Gasteiger partial charge in [-0.2, -0.15) is 0 Å². The third-order valence-corrected chi connectivity index (χ3v) is 7.18. The van der Waals surface area contributed by atoms with E-state index in [4.69, 9.17) is 11.1 Å². The smallest absolute Gasteiger partial charge is 0.227 e. The number of amidine groups is 1. The Bertz CT molecular complexity index is 1280. The van der Waals surface area contributed by atoms with Crippen molar-refractivity contribution in [2.24, 2.45) is 5.73 Å². The molecule has 6 nitrogen and oxygen atoms in total. The Hall–Kier alpha value is -3.45. The zero-order chi connectivity index (χ0) is 25.4. The van der Waals surface area contributed by atoms with Crippen LogP contribution >= 0.6 is 0 Å². The van der Waals surface area contributed by atoms with Crippen LogP contribution in [-0.2, 0) is 21.2 Å². The van der Waals surface area contributed by atoms with Gasteiger partial charge in [0.2, 0.25) is 5.91 Å². The van der Waals surface area contributed by atoms with Gasteiger partial charge in [0.25, 0.3) is 0 Å². The first-order valence-electron chi connectivity index (χ1n) is 11.8. The number of benzene rings is 3. The lowest BCUT2D eigenvalue weighted by atomic mass is 9.91. The summed E-state index contributed by atoms with van der Waals surface area (Å²) in [5.74, 6) is -0.372. The fourth-order valence-electron chi connectivity index (χ4n) is 4.13. The molecule has 0 fully saturated rings. The zero-order valence-electron chi connectivity index (χ0n) is 20.3. The minimum Gasteiger partial charge on any atom is -0.384 e. The van der Waals surface area contributed by atoms with E-state index in [1.807, 2.05) is 48.5 Å². The van der Waals surface area contributed by atoms with Gasteiger partial charge in [0.1, 0.15) is 5.84 Å². The molecule has 0 saturated heterocycles. The first-order chi connectivity index (χ1) is 16.7. The van der Waals surface area contributed by atoms with Gasteiger partial charge in [0, 0.05) is 23.9 Å². The van der Waals surface area contributed by atoms with Crippen molar-refractivity contribution in [1.29, 1.82) is 5.41 Å². The number of amides is 1. The van der Waals surface area contributed by atoms with Crippen LogP contribution in [0.1, 0.15) is 55.2 Å². The van der Waals surface area contributed by atoms with E-state index in [-0.39, 0.29) is 22.6 Å². The molecule has 0 saturated carbocycles. The standard InChI is InChI=1S/C28H33N3O3S/c1-3-4-5-12-25(28(32)31-19-20-9-8-10-23(18-20)27(29)30)22-16-14-21(15-17-22)24-11-6-7-13-26(24)35(2,33)34/h6-11,13-18,25H,3-5,12,19H2,1-2H3,(H3,29,30)(H,31,32). The molecule has 3 aromatic carbocycles. The molecular weight excluding hydrogens is 458 g/mol. The third kappa shape index (κ3) is 7.02. The maximum atomic E-state index is 13.2. The number of hydrogen-bond acceptors (Lipinski definition) is 4. The van der Waals surface area contributed by atoms with E-state index in [1.54, 1.807) is 24.3 Å². The van der Waals surface area contributed by atoms with Crippen LogP contribution in [0.4, 0.5) is 0 Å². The van der Waals surface area contributed by atoms with E-state index >= 15 is 0 Å². The highest BCUT2D eigenvalue weighted by Gasteiger charge is 2.21. The number of hydrogen-bond donors (Lipinski definition) is 3. The Morgan fingerprint density at radius 3 is 2.37 bits per heavy atom. The highest BCUT2D eigenvalue weighted by Crippen LogP contribution is 2.30. The molecule has 0 aliphatic rings. The summed E-state index contributed by atoms with van der Waals surface area (Å²) in [4.78, 5) is 13.5. The minimum atomic E-state index is -3.36. The fourth-order valence-corrected chi connectivity index (χ4v) is 5.04. The molecule has 35 heavy (non-hydrogen) atoms. The number of nitrogens with two attached hydrogens (primary N) is 1. The van der Waals surface area contributed by atoms with Gasteiger partial charge in [-0.15, -0.1) is 0 Å². The Balaban J connectivity index is 1.81. The topological polar surface area (TPSA) is 113 Å². The second-order valence-corrected chi connectivity index (χ2v) is 10.8. The molecule has 184 valence electrons. The average molecular weight is 492 g/mol. The quantitative estimate of drug-likeness (QED) is 0.198. The Kier molecular flexibility index (Phi) is 8.82. The zero-order valence-corrected chi connectivity index (χ0v) is 21.1. The SMILES string of the molecule is CCCCCC(C(=O)NCc1cccc(C(=N)N)c1)c1ccc(-c2ccccc2S(C)(=O)=O)cc1. The summed E-state index contributed by atoms with van der Waals surface area (Å²) in [6.07, 6.45) is 4.98. The second kappa shape index (κ2) is 11.8. The van der Waals surface area contributed by atoms with Gasteiger partial charge in [0.05, 0.1) is 10.8 Å². The largest absolute Gasteiger partial charge is 0.384 e.